The Morgan fingerprint density at radius 3 is 2.92 bits per heavy atom. The Labute approximate surface area is 152 Å². The molecule has 4 rings (SSSR count). The van der Waals surface area contributed by atoms with Gasteiger partial charge in [0.05, 0.1) is 11.2 Å². The molecule has 3 aromatic heterocycles. The molecule has 25 heavy (non-hydrogen) atoms. The van der Waals surface area contributed by atoms with E-state index in [9.17, 15) is 4.79 Å². The van der Waals surface area contributed by atoms with Crippen LogP contribution in [0.15, 0.2) is 53.4 Å². The molecule has 0 saturated carbocycles. The van der Waals surface area contributed by atoms with E-state index >= 15 is 0 Å². The van der Waals surface area contributed by atoms with Crippen molar-refractivity contribution in [1.82, 2.24) is 9.97 Å². The van der Waals surface area contributed by atoms with Gasteiger partial charge in [-0.2, -0.15) is 11.3 Å². The van der Waals surface area contributed by atoms with Crippen LogP contribution in [0.1, 0.15) is 20.9 Å². The standard InChI is InChI=1S/C19H14N2O2S2/c1-12-17(25-18(21-12)15-7-9-24-11-15)19(22)23-10-14-5-2-4-13-6-3-8-20-16(13)14/h2-9,11H,10H2,1H3. The summed E-state index contributed by atoms with van der Waals surface area (Å²) in [7, 11) is 0. The number of aromatic nitrogens is 2. The van der Waals surface area contributed by atoms with E-state index in [4.69, 9.17) is 4.74 Å². The number of thiophene rings is 1. The molecule has 0 aliphatic carbocycles. The Bertz CT molecular complexity index is 1030. The molecule has 0 saturated heterocycles. The van der Waals surface area contributed by atoms with E-state index < -0.39 is 0 Å². The molecule has 1 aromatic carbocycles. The monoisotopic (exact) mass is 366 g/mol. The lowest BCUT2D eigenvalue weighted by atomic mass is 10.1. The minimum absolute atomic E-state index is 0.193. The minimum Gasteiger partial charge on any atom is -0.457 e. The number of carbonyl (C=O) groups is 1. The van der Waals surface area contributed by atoms with Crippen LogP contribution in [0.3, 0.4) is 0 Å². The SMILES string of the molecule is Cc1nc(-c2ccsc2)sc1C(=O)OCc1cccc2cccnc12. The summed E-state index contributed by atoms with van der Waals surface area (Å²) in [5.41, 5.74) is 3.49. The van der Waals surface area contributed by atoms with E-state index in [1.807, 2.05) is 54.1 Å². The normalized spacial score (nSPS) is 10.9. The Hall–Kier alpha value is -2.57. The minimum atomic E-state index is -0.343. The summed E-state index contributed by atoms with van der Waals surface area (Å²) in [6.07, 6.45) is 1.74. The van der Waals surface area contributed by atoms with Crippen LogP contribution in [-0.4, -0.2) is 15.9 Å². The number of nitrogens with zero attached hydrogens (tertiary/aromatic N) is 2. The molecule has 0 aliphatic heterocycles. The number of esters is 1. The number of hydrogen-bond acceptors (Lipinski definition) is 6. The highest BCUT2D eigenvalue weighted by molar-refractivity contribution is 7.17. The maximum atomic E-state index is 12.5. The summed E-state index contributed by atoms with van der Waals surface area (Å²) in [6.45, 7) is 2.03. The fourth-order valence-electron chi connectivity index (χ4n) is 2.59. The Morgan fingerprint density at radius 2 is 2.08 bits per heavy atom. The smallest absolute Gasteiger partial charge is 0.350 e. The lowest BCUT2D eigenvalue weighted by Gasteiger charge is -2.06. The average molecular weight is 366 g/mol. The van der Waals surface area contributed by atoms with Crippen molar-refractivity contribution >= 4 is 39.5 Å². The van der Waals surface area contributed by atoms with Crippen molar-refractivity contribution in [2.45, 2.75) is 13.5 Å². The van der Waals surface area contributed by atoms with Gasteiger partial charge in [-0.25, -0.2) is 9.78 Å². The fraction of sp³-hybridized carbons (Fsp3) is 0.105. The van der Waals surface area contributed by atoms with Gasteiger partial charge in [-0.1, -0.05) is 24.3 Å². The van der Waals surface area contributed by atoms with Gasteiger partial charge in [0.25, 0.3) is 0 Å². The van der Waals surface area contributed by atoms with Gasteiger partial charge in [-0.05, 0) is 24.4 Å². The number of thiazole rings is 1. The second kappa shape index (κ2) is 6.74. The van der Waals surface area contributed by atoms with Gasteiger partial charge in [-0.15, -0.1) is 11.3 Å². The first kappa shape index (κ1) is 15.9. The zero-order valence-corrected chi connectivity index (χ0v) is 15.1. The van der Waals surface area contributed by atoms with E-state index in [1.54, 1.807) is 17.5 Å². The molecule has 0 aliphatic rings. The van der Waals surface area contributed by atoms with Crippen molar-refractivity contribution in [2.24, 2.45) is 0 Å². The van der Waals surface area contributed by atoms with Gasteiger partial charge < -0.3 is 4.74 Å². The molecule has 0 atom stereocenters. The van der Waals surface area contributed by atoms with Crippen LogP contribution in [0.4, 0.5) is 0 Å². The molecule has 0 bridgehead atoms. The van der Waals surface area contributed by atoms with Crippen molar-refractivity contribution < 1.29 is 9.53 Å². The summed E-state index contributed by atoms with van der Waals surface area (Å²) in [4.78, 5) is 21.9. The number of aryl methyl sites for hydroxylation is 1. The molecule has 6 heteroatoms. The van der Waals surface area contributed by atoms with Crippen LogP contribution in [0.25, 0.3) is 21.5 Å². The highest BCUT2D eigenvalue weighted by Gasteiger charge is 2.18. The van der Waals surface area contributed by atoms with Gasteiger partial charge in [0, 0.05) is 28.1 Å². The van der Waals surface area contributed by atoms with Gasteiger partial charge in [-0.3, -0.25) is 4.98 Å². The first-order valence-corrected chi connectivity index (χ1v) is 9.48. The molecule has 0 unspecified atom stereocenters. The Kier molecular flexibility index (Phi) is 4.29. The van der Waals surface area contributed by atoms with Crippen molar-refractivity contribution in [3.63, 3.8) is 0 Å². The molecular weight excluding hydrogens is 352 g/mol. The quantitative estimate of drug-likeness (QED) is 0.472. The number of pyridine rings is 1. The number of para-hydroxylation sites is 1. The molecule has 4 aromatic rings. The Balaban J connectivity index is 1.54. The van der Waals surface area contributed by atoms with Crippen LogP contribution >= 0.6 is 22.7 Å². The van der Waals surface area contributed by atoms with Crippen LogP contribution in [0.5, 0.6) is 0 Å². The third kappa shape index (κ3) is 3.18. The van der Waals surface area contributed by atoms with Crippen LogP contribution in [0, 0.1) is 6.92 Å². The van der Waals surface area contributed by atoms with Crippen LogP contribution < -0.4 is 0 Å². The topological polar surface area (TPSA) is 52.1 Å². The molecule has 124 valence electrons. The van der Waals surface area contributed by atoms with Crippen molar-refractivity contribution in [2.75, 3.05) is 0 Å². The second-order valence-corrected chi connectivity index (χ2v) is 7.29. The van der Waals surface area contributed by atoms with Gasteiger partial charge in [0.1, 0.15) is 16.5 Å². The van der Waals surface area contributed by atoms with Gasteiger partial charge in [0.2, 0.25) is 0 Å². The Morgan fingerprint density at radius 1 is 1.20 bits per heavy atom. The fourth-order valence-corrected chi connectivity index (χ4v) is 4.26. The van der Waals surface area contributed by atoms with Crippen LogP contribution in [-0.2, 0) is 11.3 Å². The number of fused-ring (bicyclic) bond motifs is 1. The van der Waals surface area contributed by atoms with E-state index in [2.05, 4.69) is 9.97 Å². The summed E-state index contributed by atoms with van der Waals surface area (Å²) < 4.78 is 5.53. The van der Waals surface area contributed by atoms with E-state index in [-0.39, 0.29) is 12.6 Å². The van der Waals surface area contributed by atoms with Crippen molar-refractivity contribution in [3.8, 4) is 10.6 Å². The van der Waals surface area contributed by atoms with E-state index in [1.165, 1.54) is 11.3 Å². The molecule has 0 N–H and O–H groups in total. The largest absolute Gasteiger partial charge is 0.457 e. The zero-order chi connectivity index (χ0) is 17.2. The number of ether oxygens (including phenoxy) is 1. The molecule has 4 nitrogen and oxygen atoms in total. The first-order valence-electron chi connectivity index (χ1n) is 7.72. The van der Waals surface area contributed by atoms with Crippen molar-refractivity contribution in [1.29, 1.82) is 0 Å². The highest BCUT2D eigenvalue weighted by atomic mass is 32.1. The lowest BCUT2D eigenvalue weighted by molar-refractivity contribution is 0.0479. The maximum absolute atomic E-state index is 12.5. The summed E-state index contributed by atoms with van der Waals surface area (Å²) >= 11 is 2.98. The maximum Gasteiger partial charge on any atom is 0.350 e. The van der Waals surface area contributed by atoms with Gasteiger partial charge >= 0.3 is 5.97 Å². The summed E-state index contributed by atoms with van der Waals surface area (Å²) in [5, 5.41) is 5.90. The molecule has 0 spiro atoms. The van der Waals surface area contributed by atoms with E-state index in [0.717, 1.165) is 27.0 Å². The molecular formula is C19H14N2O2S2. The second-order valence-electron chi connectivity index (χ2n) is 5.51. The first-order chi connectivity index (χ1) is 12.2. The number of rotatable bonds is 4. The zero-order valence-electron chi connectivity index (χ0n) is 13.4. The highest BCUT2D eigenvalue weighted by Crippen LogP contribution is 2.30. The van der Waals surface area contributed by atoms with Crippen molar-refractivity contribution in [3.05, 3.63) is 69.5 Å². The molecule has 0 fully saturated rings. The molecule has 3 heterocycles. The third-order valence-corrected chi connectivity index (χ3v) is 5.69. The van der Waals surface area contributed by atoms with Crippen LogP contribution in [0.2, 0.25) is 0 Å². The molecule has 0 amide bonds. The number of hydrogen-bond donors (Lipinski definition) is 0. The lowest BCUT2D eigenvalue weighted by Crippen LogP contribution is -2.05. The van der Waals surface area contributed by atoms with Gasteiger partial charge in [0.15, 0.2) is 0 Å². The summed E-state index contributed by atoms with van der Waals surface area (Å²) in [5.74, 6) is -0.343. The third-order valence-electron chi connectivity index (χ3n) is 3.83. The summed E-state index contributed by atoms with van der Waals surface area (Å²) in [6, 6.07) is 11.8. The number of carbonyl (C=O) groups excluding carboxylic acids is 1. The molecule has 0 radical (unpaired) electrons. The number of benzene rings is 1. The average Bonchev–Trinajstić information content (AvgIpc) is 3.29. The predicted octanol–water partition coefficient (Wildman–Crippen LogP) is 5.09. The van der Waals surface area contributed by atoms with E-state index in [0.29, 0.717) is 10.6 Å². The predicted molar refractivity (Wildman–Crippen MR) is 101 cm³/mol.